The van der Waals surface area contributed by atoms with Crippen molar-refractivity contribution in [3.05, 3.63) is 65.2 Å². The van der Waals surface area contributed by atoms with E-state index in [-0.39, 0.29) is 43.3 Å². The monoisotopic (exact) mass is 465 g/mol. The molecule has 5 nitrogen and oxygen atoms in total. The predicted octanol–water partition coefficient (Wildman–Crippen LogP) is 3.93. The van der Waals surface area contributed by atoms with E-state index < -0.39 is 11.7 Å². The molecule has 1 saturated heterocycles. The number of rotatable bonds is 5. The molecule has 2 aromatic rings. The fraction of sp³-hybridized carbons (Fsp3) is 0.350. The second kappa shape index (κ2) is 11.4. The number of nitrogens with one attached hydrogen (secondary N) is 1. The molecule has 1 aliphatic rings. The van der Waals surface area contributed by atoms with Crippen molar-refractivity contribution < 1.29 is 22.7 Å². The maximum absolute atomic E-state index is 12.9. The third-order valence-corrected chi connectivity index (χ3v) is 4.71. The fourth-order valence-corrected chi connectivity index (χ4v) is 3.21. The van der Waals surface area contributed by atoms with Gasteiger partial charge in [-0.15, -0.1) is 24.8 Å². The Morgan fingerprint density at radius 2 is 1.73 bits per heavy atom. The lowest BCUT2D eigenvalue weighted by atomic mass is 10.0. The molecule has 1 unspecified atom stereocenters. The first kappa shape index (κ1) is 26.0. The zero-order valence-corrected chi connectivity index (χ0v) is 17.7. The first-order valence-electron chi connectivity index (χ1n) is 8.97. The Kier molecular flexibility index (Phi) is 9.90. The van der Waals surface area contributed by atoms with Gasteiger partial charge >= 0.3 is 6.18 Å². The number of morpholine rings is 1. The van der Waals surface area contributed by atoms with Crippen molar-refractivity contribution in [3.8, 4) is 0 Å². The molecule has 0 saturated carbocycles. The second-order valence-electron chi connectivity index (χ2n) is 6.62. The summed E-state index contributed by atoms with van der Waals surface area (Å²) in [5, 5.41) is 2.87. The van der Waals surface area contributed by atoms with Crippen molar-refractivity contribution in [2.45, 2.75) is 12.2 Å². The van der Waals surface area contributed by atoms with Crippen LogP contribution in [0.15, 0.2) is 48.5 Å². The number of amides is 1. The third kappa shape index (κ3) is 6.77. The molecule has 2 aromatic carbocycles. The van der Waals surface area contributed by atoms with Crippen LogP contribution in [-0.2, 0) is 10.9 Å². The van der Waals surface area contributed by atoms with Crippen LogP contribution < -0.4 is 11.1 Å². The van der Waals surface area contributed by atoms with Crippen LogP contribution >= 0.6 is 24.8 Å². The number of hydrogen-bond acceptors (Lipinski definition) is 4. The minimum atomic E-state index is -4.38. The molecule has 0 bridgehead atoms. The van der Waals surface area contributed by atoms with E-state index in [2.05, 4.69) is 10.2 Å². The van der Waals surface area contributed by atoms with E-state index in [0.29, 0.717) is 43.1 Å². The van der Waals surface area contributed by atoms with Crippen LogP contribution in [0.4, 0.5) is 18.9 Å². The summed E-state index contributed by atoms with van der Waals surface area (Å²) in [7, 11) is 0. The molecule has 3 rings (SSSR count). The molecule has 10 heteroatoms. The molecule has 1 heterocycles. The van der Waals surface area contributed by atoms with E-state index in [1.54, 1.807) is 24.3 Å². The van der Waals surface area contributed by atoms with Gasteiger partial charge in [0, 0.05) is 30.9 Å². The number of ether oxygens (including phenoxy) is 1. The number of carbonyl (C=O) groups is 1. The number of halogens is 5. The maximum Gasteiger partial charge on any atom is 0.416 e. The summed E-state index contributed by atoms with van der Waals surface area (Å²) < 4.78 is 43.9. The molecular weight excluding hydrogens is 442 g/mol. The fourth-order valence-electron chi connectivity index (χ4n) is 3.21. The van der Waals surface area contributed by atoms with Gasteiger partial charge in [-0.2, -0.15) is 13.2 Å². The average molecular weight is 466 g/mol. The molecule has 0 spiro atoms. The zero-order chi connectivity index (χ0) is 20.1. The van der Waals surface area contributed by atoms with Gasteiger partial charge < -0.3 is 15.8 Å². The number of carbonyl (C=O) groups excluding carboxylic acids is 1. The summed E-state index contributed by atoms with van der Waals surface area (Å²) in [5.41, 5.74) is 6.66. The number of nitrogens with two attached hydrogens (primary N) is 1. The summed E-state index contributed by atoms with van der Waals surface area (Å²) in [6.45, 7) is 2.62. The van der Waals surface area contributed by atoms with Gasteiger partial charge in [-0.3, -0.25) is 9.69 Å². The van der Waals surface area contributed by atoms with E-state index in [4.69, 9.17) is 10.5 Å². The highest BCUT2D eigenvalue weighted by molar-refractivity contribution is 5.95. The van der Waals surface area contributed by atoms with Crippen LogP contribution in [0.1, 0.15) is 27.5 Å². The van der Waals surface area contributed by atoms with E-state index in [9.17, 15) is 18.0 Å². The number of benzene rings is 2. The Labute approximate surface area is 185 Å². The summed E-state index contributed by atoms with van der Waals surface area (Å²) in [6.07, 6.45) is -4.38. The van der Waals surface area contributed by atoms with Crippen LogP contribution in [-0.4, -0.2) is 43.7 Å². The van der Waals surface area contributed by atoms with Crippen LogP contribution in [0.3, 0.4) is 0 Å². The molecule has 0 aliphatic carbocycles. The second-order valence-corrected chi connectivity index (χ2v) is 6.62. The van der Waals surface area contributed by atoms with Crippen LogP contribution in [0.25, 0.3) is 0 Å². The first-order valence-corrected chi connectivity index (χ1v) is 8.97. The zero-order valence-electron chi connectivity index (χ0n) is 16.0. The normalized spacial score (nSPS) is 15.4. The summed E-state index contributed by atoms with van der Waals surface area (Å²) in [5.74, 6) is -0.280. The van der Waals surface area contributed by atoms with E-state index in [0.717, 1.165) is 12.1 Å². The molecule has 1 fully saturated rings. The molecule has 0 radical (unpaired) electrons. The van der Waals surface area contributed by atoms with Crippen molar-refractivity contribution in [2.75, 3.05) is 38.6 Å². The number of nitrogens with zero attached hydrogens (tertiary/aromatic N) is 1. The first-order chi connectivity index (χ1) is 13.3. The number of alkyl halides is 3. The van der Waals surface area contributed by atoms with Crippen molar-refractivity contribution in [3.63, 3.8) is 0 Å². The van der Waals surface area contributed by atoms with Crippen LogP contribution in [0.2, 0.25) is 0 Å². The van der Waals surface area contributed by atoms with E-state index >= 15 is 0 Å². The number of anilines is 1. The van der Waals surface area contributed by atoms with Gasteiger partial charge in [0.05, 0.1) is 24.8 Å². The molecule has 166 valence electrons. The highest BCUT2D eigenvalue weighted by Gasteiger charge is 2.31. The lowest BCUT2D eigenvalue weighted by molar-refractivity contribution is -0.137. The van der Waals surface area contributed by atoms with Gasteiger partial charge in [-0.05, 0) is 35.9 Å². The smallest absolute Gasteiger partial charge is 0.399 e. The SMILES string of the molecule is Cl.Cl.Nc1cccc(C(=O)NCC(c2ccc(C(F)(F)F)cc2)N2CCOCC2)c1. The lowest BCUT2D eigenvalue weighted by Gasteiger charge is -2.35. The minimum absolute atomic E-state index is 0. The Morgan fingerprint density at radius 1 is 1.10 bits per heavy atom. The van der Waals surface area contributed by atoms with Gasteiger partial charge in [-0.1, -0.05) is 18.2 Å². The minimum Gasteiger partial charge on any atom is -0.399 e. The van der Waals surface area contributed by atoms with Crippen molar-refractivity contribution in [1.82, 2.24) is 10.2 Å². The molecular formula is C20H24Cl2F3N3O2. The largest absolute Gasteiger partial charge is 0.416 e. The Hall–Kier alpha value is -2.00. The van der Waals surface area contributed by atoms with Gasteiger partial charge in [-0.25, -0.2) is 0 Å². The van der Waals surface area contributed by atoms with E-state index in [1.165, 1.54) is 12.1 Å². The highest BCUT2D eigenvalue weighted by Crippen LogP contribution is 2.31. The molecule has 0 aromatic heterocycles. The predicted molar refractivity (Wildman–Crippen MR) is 114 cm³/mol. The lowest BCUT2D eigenvalue weighted by Crippen LogP contribution is -2.43. The topological polar surface area (TPSA) is 67.6 Å². The van der Waals surface area contributed by atoms with Crippen molar-refractivity contribution in [1.29, 1.82) is 0 Å². The molecule has 1 amide bonds. The molecule has 30 heavy (non-hydrogen) atoms. The van der Waals surface area contributed by atoms with Crippen molar-refractivity contribution >= 4 is 36.4 Å². The standard InChI is InChI=1S/C20H22F3N3O2.2ClH/c21-20(22,23)16-6-4-14(5-7-16)18(26-8-10-28-11-9-26)13-25-19(27)15-2-1-3-17(24)12-15;;/h1-7,12,18H,8-11,13,24H2,(H,25,27);2*1H. The molecule has 1 atom stereocenters. The Morgan fingerprint density at radius 3 is 2.30 bits per heavy atom. The summed E-state index contributed by atoms with van der Waals surface area (Å²) in [4.78, 5) is 14.5. The summed E-state index contributed by atoms with van der Waals surface area (Å²) in [6, 6.07) is 11.5. The van der Waals surface area contributed by atoms with Gasteiger partial charge in [0.1, 0.15) is 0 Å². The maximum atomic E-state index is 12.9. The van der Waals surface area contributed by atoms with Crippen molar-refractivity contribution in [2.24, 2.45) is 0 Å². The summed E-state index contributed by atoms with van der Waals surface area (Å²) >= 11 is 0. The number of nitrogen functional groups attached to an aromatic ring is 1. The third-order valence-electron chi connectivity index (χ3n) is 4.71. The highest BCUT2D eigenvalue weighted by atomic mass is 35.5. The Bertz CT molecular complexity index is 814. The Balaban J connectivity index is 0.00000225. The van der Waals surface area contributed by atoms with Crippen LogP contribution in [0.5, 0.6) is 0 Å². The van der Waals surface area contributed by atoms with Gasteiger partial charge in [0.2, 0.25) is 0 Å². The van der Waals surface area contributed by atoms with Gasteiger partial charge in [0.15, 0.2) is 0 Å². The van der Waals surface area contributed by atoms with Crippen LogP contribution in [0, 0.1) is 0 Å². The van der Waals surface area contributed by atoms with E-state index in [1.807, 2.05) is 0 Å². The average Bonchev–Trinajstić information content (AvgIpc) is 2.68. The molecule has 3 N–H and O–H groups in total. The number of hydrogen-bond donors (Lipinski definition) is 2. The molecule has 1 aliphatic heterocycles. The van der Waals surface area contributed by atoms with Gasteiger partial charge in [0.25, 0.3) is 5.91 Å². The quantitative estimate of drug-likeness (QED) is 0.656.